The standard InChI is InChI=1S/C11H22/c1-3-4-5-6-11-8-7-10(2)9-11/h10-11H,3-9H2,1-2H3/t10-,11-/m0/s1. The maximum Gasteiger partial charge on any atom is -0.0412 e. The molecule has 0 bridgehead atoms. The van der Waals surface area contributed by atoms with Gasteiger partial charge in [-0.1, -0.05) is 52.4 Å². The molecule has 0 heterocycles. The molecule has 0 aliphatic heterocycles. The lowest BCUT2D eigenvalue weighted by Gasteiger charge is -2.07. The third kappa shape index (κ3) is 3.27. The van der Waals surface area contributed by atoms with Gasteiger partial charge in [0, 0.05) is 0 Å². The second-order valence-electron chi connectivity index (χ2n) is 4.28. The van der Waals surface area contributed by atoms with Crippen LogP contribution in [0.4, 0.5) is 0 Å². The van der Waals surface area contributed by atoms with Crippen molar-refractivity contribution in [3.8, 4) is 0 Å². The van der Waals surface area contributed by atoms with Gasteiger partial charge in [-0.05, 0) is 18.3 Å². The summed E-state index contributed by atoms with van der Waals surface area (Å²) in [5.41, 5.74) is 0. The van der Waals surface area contributed by atoms with E-state index in [2.05, 4.69) is 13.8 Å². The van der Waals surface area contributed by atoms with Crippen molar-refractivity contribution in [1.29, 1.82) is 0 Å². The highest BCUT2D eigenvalue weighted by Crippen LogP contribution is 2.33. The highest BCUT2D eigenvalue weighted by molar-refractivity contribution is 4.72. The van der Waals surface area contributed by atoms with E-state index in [4.69, 9.17) is 0 Å². The first-order valence-corrected chi connectivity index (χ1v) is 5.33. The van der Waals surface area contributed by atoms with Gasteiger partial charge in [-0.15, -0.1) is 0 Å². The molecule has 0 aromatic carbocycles. The third-order valence-corrected chi connectivity index (χ3v) is 3.02. The Morgan fingerprint density at radius 2 is 2.00 bits per heavy atom. The minimum absolute atomic E-state index is 1.03. The van der Waals surface area contributed by atoms with Gasteiger partial charge in [0.05, 0.1) is 0 Å². The van der Waals surface area contributed by atoms with Crippen molar-refractivity contribution in [2.75, 3.05) is 0 Å². The molecule has 0 heteroatoms. The zero-order valence-electron chi connectivity index (χ0n) is 8.10. The molecule has 11 heavy (non-hydrogen) atoms. The quantitative estimate of drug-likeness (QED) is 0.537. The molecule has 0 unspecified atom stereocenters. The molecule has 0 amide bonds. The van der Waals surface area contributed by atoms with Crippen LogP contribution in [0.5, 0.6) is 0 Å². The summed E-state index contributed by atoms with van der Waals surface area (Å²) in [6, 6.07) is 0. The summed E-state index contributed by atoms with van der Waals surface area (Å²) in [6.45, 7) is 4.69. The van der Waals surface area contributed by atoms with Gasteiger partial charge >= 0.3 is 0 Å². The first-order chi connectivity index (χ1) is 5.33. The largest absolute Gasteiger partial charge is 0.0654 e. The van der Waals surface area contributed by atoms with Crippen LogP contribution >= 0.6 is 0 Å². The Morgan fingerprint density at radius 1 is 1.18 bits per heavy atom. The second-order valence-corrected chi connectivity index (χ2v) is 4.28. The van der Waals surface area contributed by atoms with Crippen LogP contribution in [0.15, 0.2) is 0 Å². The highest BCUT2D eigenvalue weighted by atomic mass is 14.3. The topological polar surface area (TPSA) is 0 Å². The van der Waals surface area contributed by atoms with Gasteiger partial charge in [0.2, 0.25) is 0 Å². The van der Waals surface area contributed by atoms with Crippen molar-refractivity contribution in [3.05, 3.63) is 0 Å². The van der Waals surface area contributed by atoms with Crippen molar-refractivity contribution in [2.45, 2.75) is 58.8 Å². The van der Waals surface area contributed by atoms with Crippen LogP contribution in [-0.2, 0) is 0 Å². The van der Waals surface area contributed by atoms with Gasteiger partial charge in [0.15, 0.2) is 0 Å². The molecular weight excluding hydrogens is 132 g/mol. The molecule has 1 aliphatic rings. The first-order valence-electron chi connectivity index (χ1n) is 5.33. The predicted molar refractivity (Wildman–Crippen MR) is 50.6 cm³/mol. The van der Waals surface area contributed by atoms with E-state index in [9.17, 15) is 0 Å². The van der Waals surface area contributed by atoms with E-state index >= 15 is 0 Å². The van der Waals surface area contributed by atoms with Gasteiger partial charge in [0.25, 0.3) is 0 Å². The SMILES string of the molecule is CCCCC[C@H]1CC[C@H](C)C1. The Balaban J connectivity index is 1.99. The van der Waals surface area contributed by atoms with Crippen LogP contribution in [0.1, 0.15) is 58.8 Å². The lowest BCUT2D eigenvalue weighted by atomic mass is 9.99. The van der Waals surface area contributed by atoms with Gasteiger partial charge in [0.1, 0.15) is 0 Å². The molecule has 0 nitrogen and oxygen atoms in total. The fourth-order valence-electron chi connectivity index (χ4n) is 2.27. The Kier molecular flexibility index (Phi) is 3.96. The van der Waals surface area contributed by atoms with E-state index in [0.717, 1.165) is 11.8 Å². The van der Waals surface area contributed by atoms with Crippen LogP contribution in [-0.4, -0.2) is 0 Å². The fourth-order valence-corrected chi connectivity index (χ4v) is 2.27. The summed E-state index contributed by atoms with van der Waals surface area (Å²) in [5.74, 6) is 2.12. The Labute approximate surface area is 71.4 Å². The zero-order valence-corrected chi connectivity index (χ0v) is 8.10. The molecule has 1 fully saturated rings. The smallest absolute Gasteiger partial charge is 0.0412 e. The van der Waals surface area contributed by atoms with Crippen LogP contribution in [0.2, 0.25) is 0 Å². The van der Waals surface area contributed by atoms with Crippen molar-refractivity contribution in [1.82, 2.24) is 0 Å². The number of unbranched alkanes of at least 4 members (excludes halogenated alkanes) is 2. The summed E-state index contributed by atoms with van der Waals surface area (Å²) >= 11 is 0. The van der Waals surface area contributed by atoms with Crippen molar-refractivity contribution < 1.29 is 0 Å². The Hall–Kier alpha value is 0. The summed E-state index contributed by atoms with van der Waals surface area (Å²) in [5, 5.41) is 0. The van der Waals surface area contributed by atoms with E-state index in [0.29, 0.717) is 0 Å². The first kappa shape index (κ1) is 9.09. The van der Waals surface area contributed by atoms with E-state index in [1.54, 1.807) is 0 Å². The minimum Gasteiger partial charge on any atom is -0.0654 e. The molecule has 2 atom stereocenters. The number of hydrogen-bond acceptors (Lipinski definition) is 0. The lowest BCUT2D eigenvalue weighted by molar-refractivity contribution is 0.454. The molecule has 0 aromatic heterocycles. The molecule has 1 rings (SSSR count). The summed E-state index contributed by atoms with van der Waals surface area (Å²) in [7, 11) is 0. The molecule has 0 spiro atoms. The Bertz CT molecular complexity index is 96.2. The average molecular weight is 154 g/mol. The average Bonchev–Trinajstić information content (AvgIpc) is 2.37. The summed E-state index contributed by atoms with van der Waals surface area (Å²) < 4.78 is 0. The molecule has 1 aliphatic carbocycles. The van der Waals surface area contributed by atoms with Crippen molar-refractivity contribution in [2.24, 2.45) is 11.8 Å². The van der Waals surface area contributed by atoms with E-state index in [-0.39, 0.29) is 0 Å². The number of hydrogen-bond donors (Lipinski definition) is 0. The maximum atomic E-state index is 2.40. The molecule has 1 saturated carbocycles. The third-order valence-electron chi connectivity index (χ3n) is 3.02. The van der Waals surface area contributed by atoms with Crippen molar-refractivity contribution in [3.63, 3.8) is 0 Å². The van der Waals surface area contributed by atoms with Gasteiger partial charge < -0.3 is 0 Å². The lowest BCUT2D eigenvalue weighted by Crippen LogP contribution is -1.93. The summed E-state index contributed by atoms with van der Waals surface area (Å²) in [6.07, 6.45) is 10.4. The Morgan fingerprint density at radius 3 is 2.55 bits per heavy atom. The van der Waals surface area contributed by atoms with Crippen LogP contribution < -0.4 is 0 Å². The normalized spacial score (nSPS) is 31.1. The van der Waals surface area contributed by atoms with Crippen LogP contribution in [0, 0.1) is 11.8 Å². The van der Waals surface area contributed by atoms with E-state index in [1.165, 1.54) is 44.9 Å². The fraction of sp³-hybridized carbons (Fsp3) is 1.00. The van der Waals surface area contributed by atoms with Crippen molar-refractivity contribution >= 4 is 0 Å². The van der Waals surface area contributed by atoms with Gasteiger partial charge in [-0.25, -0.2) is 0 Å². The van der Waals surface area contributed by atoms with Gasteiger partial charge in [-0.3, -0.25) is 0 Å². The predicted octanol–water partition coefficient (Wildman–Crippen LogP) is 4.00. The molecule has 66 valence electrons. The summed E-state index contributed by atoms with van der Waals surface area (Å²) in [4.78, 5) is 0. The molecule has 0 saturated heterocycles. The highest BCUT2D eigenvalue weighted by Gasteiger charge is 2.20. The van der Waals surface area contributed by atoms with E-state index < -0.39 is 0 Å². The molecule has 0 N–H and O–H groups in total. The van der Waals surface area contributed by atoms with Crippen LogP contribution in [0.3, 0.4) is 0 Å². The zero-order chi connectivity index (χ0) is 8.10. The van der Waals surface area contributed by atoms with Crippen LogP contribution in [0.25, 0.3) is 0 Å². The monoisotopic (exact) mass is 154 g/mol. The molecule has 0 aromatic rings. The van der Waals surface area contributed by atoms with E-state index in [1.807, 2.05) is 0 Å². The maximum absolute atomic E-state index is 2.40. The van der Waals surface area contributed by atoms with Gasteiger partial charge in [-0.2, -0.15) is 0 Å². The minimum atomic E-state index is 1.03. The second kappa shape index (κ2) is 4.79. The number of rotatable bonds is 4. The molecular formula is C11H22. The molecule has 0 radical (unpaired) electrons.